The first-order chi connectivity index (χ1) is 17.6. The summed E-state index contributed by atoms with van der Waals surface area (Å²) in [7, 11) is 3.07. The van der Waals surface area contributed by atoms with Gasteiger partial charge in [0.2, 0.25) is 11.9 Å². The van der Waals surface area contributed by atoms with Crippen LogP contribution in [0.1, 0.15) is 20.8 Å². The number of nitrogens with zero attached hydrogens (tertiary/aromatic N) is 2. The number of nitrogens with one attached hydrogen (secondary N) is 2. The van der Waals surface area contributed by atoms with Crippen LogP contribution in [0.3, 0.4) is 0 Å². The number of anilines is 2. The number of rotatable bonds is 7. The van der Waals surface area contributed by atoms with Gasteiger partial charge in [-0.15, -0.1) is 0 Å². The van der Waals surface area contributed by atoms with E-state index in [1.165, 1.54) is 25.4 Å². The molecular formula is C27H26F2N4O3S. The Bertz CT molecular complexity index is 1470. The van der Waals surface area contributed by atoms with Crippen LogP contribution >= 0.6 is 11.9 Å². The molecule has 0 fully saturated rings. The third-order valence-corrected chi connectivity index (χ3v) is 6.31. The molecule has 1 heterocycles. The van der Waals surface area contributed by atoms with Crippen LogP contribution in [-0.4, -0.2) is 30.1 Å². The maximum atomic E-state index is 15.5. The number of amides is 1. The first-order valence-corrected chi connectivity index (χ1v) is 12.1. The number of fused-ring (bicyclic) bond motifs is 1. The molecule has 4 aromatic rings. The summed E-state index contributed by atoms with van der Waals surface area (Å²) >= 11 is 1.15. The molecular weight excluding hydrogens is 498 g/mol. The van der Waals surface area contributed by atoms with Gasteiger partial charge >= 0.3 is 0 Å². The van der Waals surface area contributed by atoms with Crippen molar-refractivity contribution in [2.45, 2.75) is 25.7 Å². The molecule has 0 atom stereocenters. The lowest BCUT2D eigenvalue weighted by Gasteiger charge is -2.16. The van der Waals surface area contributed by atoms with Gasteiger partial charge in [0.25, 0.3) is 0 Å². The molecule has 0 bridgehead atoms. The zero-order valence-corrected chi connectivity index (χ0v) is 21.8. The minimum atomic E-state index is -0.734. The van der Waals surface area contributed by atoms with Crippen molar-refractivity contribution in [3.63, 3.8) is 0 Å². The van der Waals surface area contributed by atoms with Crippen molar-refractivity contribution in [3.05, 3.63) is 66.4 Å². The summed E-state index contributed by atoms with van der Waals surface area (Å²) in [5.74, 6) is -0.380. The standard InChI is InChI=1S/C27H26F2N4O3S/c1-27(2,3)25(34)32-26-30-14-16-12-15(6-9-19(16)31-26)23-18(28)8-10-20(24(23)29)33-37-17-7-11-21(35-4)22(13-17)36-5/h6-14,33H,1-5H3,(H,30,31,32,34). The van der Waals surface area contributed by atoms with Crippen LogP contribution in [0.4, 0.5) is 20.4 Å². The highest BCUT2D eigenvalue weighted by atomic mass is 32.2. The van der Waals surface area contributed by atoms with E-state index in [1.54, 1.807) is 64.3 Å². The van der Waals surface area contributed by atoms with Crippen LogP contribution in [0.15, 0.2) is 59.6 Å². The third kappa shape index (κ3) is 5.75. The number of methoxy groups -OCH3 is 2. The molecule has 0 radical (unpaired) electrons. The Morgan fingerprint density at radius 1 is 0.973 bits per heavy atom. The van der Waals surface area contributed by atoms with Crippen molar-refractivity contribution < 1.29 is 23.0 Å². The SMILES string of the molecule is COc1ccc(SNc2ccc(F)c(-c3ccc4nc(NC(=O)C(C)(C)C)ncc4c3)c2F)cc1OC. The van der Waals surface area contributed by atoms with Crippen LogP contribution < -0.4 is 19.5 Å². The average Bonchev–Trinajstić information content (AvgIpc) is 2.87. The summed E-state index contributed by atoms with van der Waals surface area (Å²) in [6, 6.07) is 12.7. The molecule has 0 saturated carbocycles. The zero-order valence-electron chi connectivity index (χ0n) is 21.0. The van der Waals surface area contributed by atoms with Crippen molar-refractivity contribution in [1.82, 2.24) is 9.97 Å². The quantitative estimate of drug-likeness (QED) is 0.260. The summed E-state index contributed by atoms with van der Waals surface area (Å²) in [6.07, 6.45) is 1.51. The van der Waals surface area contributed by atoms with Crippen LogP contribution in [0.2, 0.25) is 0 Å². The van der Waals surface area contributed by atoms with Gasteiger partial charge in [-0.3, -0.25) is 10.1 Å². The number of ether oxygens (including phenoxy) is 2. The second kappa shape index (κ2) is 10.6. The molecule has 1 aromatic heterocycles. The number of hydrogen-bond acceptors (Lipinski definition) is 7. The lowest BCUT2D eigenvalue weighted by atomic mass is 9.96. The third-order valence-electron chi connectivity index (χ3n) is 5.50. The maximum Gasteiger partial charge on any atom is 0.232 e. The topological polar surface area (TPSA) is 85.4 Å². The summed E-state index contributed by atoms with van der Waals surface area (Å²) in [6.45, 7) is 5.36. The number of halogens is 2. The fraction of sp³-hybridized carbons (Fsp3) is 0.222. The van der Waals surface area contributed by atoms with Gasteiger partial charge in [0.15, 0.2) is 17.3 Å². The smallest absolute Gasteiger partial charge is 0.232 e. The van der Waals surface area contributed by atoms with Gasteiger partial charge in [0.1, 0.15) is 5.82 Å². The van der Waals surface area contributed by atoms with E-state index in [0.29, 0.717) is 28.0 Å². The molecule has 192 valence electrons. The number of carbonyl (C=O) groups is 1. The predicted molar refractivity (Wildman–Crippen MR) is 142 cm³/mol. The van der Waals surface area contributed by atoms with Crippen molar-refractivity contribution in [2.24, 2.45) is 5.41 Å². The maximum absolute atomic E-state index is 15.5. The lowest BCUT2D eigenvalue weighted by molar-refractivity contribution is -0.123. The summed E-state index contributed by atoms with van der Waals surface area (Å²) in [4.78, 5) is 21.5. The monoisotopic (exact) mass is 524 g/mol. The molecule has 0 spiro atoms. The number of aromatic nitrogens is 2. The first-order valence-electron chi connectivity index (χ1n) is 11.3. The van der Waals surface area contributed by atoms with Gasteiger partial charge in [-0.25, -0.2) is 18.7 Å². The molecule has 10 heteroatoms. The molecule has 4 rings (SSSR count). The molecule has 0 aliphatic rings. The zero-order chi connectivity index (χ0) is 26.7. The summed E-state index contributed by atoms with van der Waals surface area (Å²) < 4.78 is 43.7. The first kappa shape index (κ1) is 26.2. The Kier molecular flexibility index (Phi) is 7.49. The largest absolute Gasteiger partial charge is 0.493 e. The Hall–Kier alpha value is -3.92. The predicted octanol–water partition coefficient (Wildman–Crippen LogP) is 6.70. The normalized spacial score (nSPS) is 11.3. The van der Waals surface area contributed by atoms with Crippen molar-refractivity contribution in [2.75, 3.05) is 24.3 Å². The van der Waals surface area contributed by atoms with E-state index in [2.05, 4.69) is 20.0 Å². The van der Waals surface area contributed by atoms with Crippen LogP contribution in [0, 0.1) is 17.0 Å². The van der Waals surface area contributed by atoms with Crippen LogP contribution in [0.25, 0.3) is 22.0 Å². The van der Waals surface area contributed by atoms with E-state index in [4.69, 9.17) is 9.47 Å². The molecule has 0 unspecified atom stereocenters. The lowest BCUT2D eigenvalue weighted by Crippen LogP contribution is -2.28. The van der Waals surface area contributed by atoms with Gasteiger partial charge in [0, 0.05) is 21.9 Å². The molecule has 2 N–H and O–H groups in total. The van der Waals surface area contributed by atoms with Gasteiger partial charge in [0.05, 0.1) is 31.0 Å². The number of benzene rings is 3. The minimum absolute atomic E-state index is 0.118. The molecule has 7 nitrogen and oxygen atoms in total. The van der Waals surface area contributed by atoms with Crippen molar-refractivity contribution in [3.8, 4) is 22.6 Å². The Balaban J connectivity index is 1.59. The average molecular weight is 525 g/mol. The van der Waals surface area contributed by atoms with E-state index in [-0.39, 0.29) is 23.1 Å². The van der Waals surface area contributed by atoms with Gasteiger partial charge in [-0.05, 0) is 60.0 Å². The van der Waals surface area contributed by atoms with Gasteiger partial charge in [-0.1, -0.05) is 26.8 Å². The number of hydrogen-bond donors (Lipinski definition) is 2. The molecule has 37 heavy (non-hydrogen) atoms. The molecule has 0 aliphatic heterocycles. The second-order valence-electron chi connectivity index (χ2n) is 9.18. The number of carbonyl (C=O) groups excluding carboxylic acids is 1. The van der Waals surface area contributed by atoms with Gasteiger partial charge < -0.3 is 14.2 Å². The molecule has 1 amide bonds. The molecule has 0 aliphatic carbocycles. The Labute approximate surface area is 217 Å². The van der Waals surface area contributed by atoms with Crippen LogP contribution in [0.5, 0.6) is 11.5 Å². The summed E-state index contributed by atoms with van der Waals surface area (Å²) in [5.41, 5.74) is 0.200. The highest BCUT2D eigenvalue weighted by Gasteiger charge is 2.22. The highest BCUT2D eigenvalue weighted by Crippen LogP contribution is 2.36. The van der Waals surface area contributed by atoms with Gasteiger partial charge in [-0.2, -0.15) is 0 Å². The van der Waals surface area contributed by atoms with Crippen LogP contribution in [-0.2, 0) is 4.79 Å². The highest BCUT2D eigenvalue weighted by molar-refractivity contribution is 8.00. The van der Waals surface area contributed by atoms with Crippen molar-refractivity contribution >= 4 is 40.4 Å². The summed E-state index contributed by atoms with van der Waals surface area (Å²) in [5, 5.41) is 3.25. The van der Waals surface area contributed by atoms with E-state index >= 15 is 4.39 Å². The molecule has 3 aromatic carbocycles. The van der Waals surface area contributed by atoms with E-state index in [0.717, 1.165) is 16.8 Å². The minimum Gasteiger partial charge on any atom is -0.493 e. The fourth-order valence-corrected chi connectivity index (χ4v) is 4.12. The van der Waals surface area contributed by atoms with E-state index < -0.39 is 17.0 Å². The second-order valence-corrected chi connectivity index (χ2v) is 10.1. The van der Waals surface area contributed by atoms with Crippen molar-refractivity contribution in [1.29, 1.82) is 0 Å². The fourth-order valence-electron chi connectivity index (χ4n) is 3.43. The molecule has 0 saturated heterocycles. The Morgan fingerprint density at radius 2 is 1.73 bits per heavy atom. The Morgan fingerprint density at radius 3 is 2.43 bits per heavy atom. The van der Waals surface area contributed by atoms with E-state index in [9.17, 15) is 9.18 Å². The van der Waals surface area contributed by atoms with E-state index in [1.807, 2.05) is 0 Å².